The summed E-state index contributed by atoms with van der Waals surface area (Å²) in [6.07, 6.45) is 5.29. The van der Waals surface area contributed by atoms with E-state index < -0.39 is 5.97 Å². The maximum absolute atomic E-state index is 12.7. The smallest absolute Gasteiger partial charge is 0.336 e. The van der Waals surface area contributed by atoms with Gasteiger partial charge < -0.3 is 20.2 Å². The zero-order chi connectivity index (χ0) is 26.7. The van der Waals surface area contributed by atoms with Gasteiger partial charge in [-0.1, -0.05) is 5.92 Å². The Bertz CT molecular complexity index is 1610. The quantitative estimate of drug-likeness (QED) is 0.240. The first-order chi connectivity index (χ1) is 17.8. The Balaban J connectivity index is 2.15. The summed E-state index contributed by atoms with van der Waals surface area (Å²) in [5.41, 5.74) is 5.66. The van der Waals surface area contributed by atoms with Gasteiger partial charge in [0.2, 0.25) is 0 Å². The van der Waals surface area contributed by atoms with Crippen molar-refractivity contribution in [2.24, 2.45) is 4.99 Å². The first kappa shape index (κ1) is 25.5. The van der Waals surface area contributed by atoms with Crippen molar-refractivity contribution in [3.63, 3.8) is 0 Å². The summed E-state index contributed by atoms with van der Waals surface area (Å²) < 4.78 is 6.37. The second-order valence-corrected chi connectivity index (χ2v) is 8.73. The molecule has 0 bridgehead atoms. The third-order valence-corrected chi connectivity index (χ3v) is 6.21. The van der Waals surface area contributed by atoms with Gasteiger partial charge in [-0.2, -0.15) is 0 Å². The van der Waals surface area contributed by atoms with Crippen LogP contribution in [0.1, 0.15) is 45.7 Å². The van der Waals surface area contributed by atoms with E-state index in [1.165, 1.54) is 12.1 Å². The molecular formula is C30H29N3O4. The fraction of sp³-hybridized carbons (Fsp3) is 0.233. The lowest BCUT2D eigenvalue weighted by Crippen LogP contribution is -2.23. The van der Waals surface area contributed by atoms with Crippen LogP contribution in [0.2, 0.25) is 0 Å². The fourth-order valence-electron chi connectivity index (χ4n) is 4.51. The average Bonchev–Trinajstić information content (AvgIpc) is 2.87. The van der Waals surface area contributed by atoms with Crippen LogP contribution in [-0.2, 0) is 0 Å². The van der Waals surface area contributed by atoms with Gasteiger partial charge in [0.25, 0.3) is 5.91 Å². The molecule has 0 saturated carbocycles. The Hall–Kier alpha value is -4.57. The van der Waals surface area contributed by atoms with Crippen molar-refractivity contribution in [1.82, 2.24) is 5.32 Å². The van der Waals surface area contributed by atoms with Crippen LogP contribution in [0.25, 0.3) is 33.4 Å². The number of aryl methyl sites for hydroxylation is 2. The number of carbonyl (C=O) groups is 2. The van der Waals surface area contributed by atoms with Gasteiger partial charge in [0.1, 0.15) is 11.3 Å². The van der Waals surface area contributed by atoms with Gasteiger partial charge >= 0.3 is 5.97 Å². The topological polar surface area (TPSA) is 104 Å². The first-order valence-electron chi connectivity index (χ1n) is 12.1. The highest BCUT2D eigenvalue weighted by molar-refractivity contribution is 6.09. The summed E-state index contributed by atoms with van der Waals surface area (Å²) in [6.45, 7) is 9.36. The van der Waals surface area contributed by atoms with Crippen LogP contribution in [0.5, 0.6) is 0 Å². The van der Waals surface area contributed by atoms with Gasteiger partial charge in [-0.25, -0.2) is 4.79 Å². The Morgan fingerprint density at radius 1 is 1.05 bits per heavy atom. The van der Waals surface area contributed by atoms with Crippen LogP contribution in [0.15, 0.2) is 51.9 Å². The number of nitrogens with one attached hydrogen (secondary N) is 2. The van der Waals surface area contributed by atoms with E-state index in [-0.39, 0.29) is 18.0 Å². The molecule has 0 atom stereocenters. The van der Waals surface area contributed by atoms with Crippen LogP contribution in [0.4, 0.5) is 5.69 Å². The molecular weight excluding hydrogens is 466 g/mol. The molecule has 1 heterocycles. The van der Waals surface area contributed by atoms with Crippen molar-refractivity contribution in [1.29, 1.82) is 0 Å². The van der Waals surface area contributed by atoms with Crippen LogP contribution in [0.3, 0.4) is 0 Å². The largest absolute Gasteiger partial charge is 0.478 e. The highest BCUT2D eigenvalue weighted by Crippen LogP contribution is 2.43. The summed E-state index contributed by atoms with van der Waals surface area (Å²) >= 11 is 0. The van der Waals surface area contributed by atoms with E-state index in [9.17, 15) is 14.7 Å². The highest BCUT2D eigenvalue weighted by Gasteiger charge is 2.24. The van der Waals surface area contributed by atoms with Gasteiger partial charge in [-0.05, 0) is 74.7 Å². The van der Waals surface area contributed by atoms with Gasteiger partial charge in [-0.3, -0.25) is 9.79 Å². The van der Waals surface area contributed by atoms with E-state index in [1.807, 2.05) is 52.0 Å². The first-order valence-corrected chi connectivity index (χ1v) is 12.1. The summed E-state index contributed by atoms with van der Waals surface area (Å²) in [4.78, 5) is 29.7. The number of carboxylic acid groups (broad SMARTS) is 1. The Labute approximate surface area is 215 Å². The SMILES string of the molecule is C#CCNC(=O)c1ccc(C(=O)O)c(-c2c3cc(C)c(=NCC)cc-3oc3cc(NCC)c(C)cc23)c1. The number of hydrogen-bond donors (Lipinski definition) is 3. The van der Waals surface area contributed by atoms with Crippen molar-refractivity contribution >= 4 is 28.5 Å². The number of carbonyl (C=O) groups excluding carboxylic acids is 1. The lowest BCUT2D eigenvalue weighted by molar-refractivity contribution is 0.0697. The minimum Gasteiger partial charge on any atom is -0.478 e. The fourth-order valence-corrected chi connectivity index (χ4v) is 4.51. The van der Waals surface area contributed by atoms with Crippen LogP contribution in [0, 0.1) is 26.2 Å². The van der Waals surface area contributed by atoms with Gasteiger partial charge in [0, 0.05) is 53.0 Å². The molecule has 0 aromatic heterocycles. The molecule has 3 N–H and O–H groups in total. The number of benzene rings is 3. The number of hydrogen-bond acceptors (Lipinski definition) is 5. The molecule has 0 fully saturated rings. The zero-order valence-corrected chi connectivity index (χ0v) is 21.4. The molecule has 7 heteroatoms. The summed E-state index contributed by atoms with van der Waals surface area (Å²) in [6, 6.07) is 12.3. The van der Waals surface area contributed by atoms with Crippen molar-refractivity contribution in [2.75, 3.05) is 25.0 Å². The van der Waals surface area contributed by atoms with E-state index in [4.69, 9.17) is 10.8 Å². The maximum atomic E-state index is 12.7. The molecule has 2 aromatic rings. The van der Waals surface area contributed by atoms with Gasteiger partial charge in [-0.15, -0.1) is 6.42 Å². The molecule has 37 heavy (non-hydrogen) atoms. The number of anilines is 1. The third kappa shape index (κ3) is 4.91. The van der Waals surface area contributed by atoms with Crippen molar-refractivity contribution in [3.8, 4) is 34.8 Å². The number of rotatable bonds is 7. The standard InChI is InChI=1S/C30H29N3O4/c1-6-11-33-29(34)19-9-10-20(30(35)36)21(14-19)28-22-12-17(4)24(31-7-2)15-26(22)37-27-16-25(32-8-3)18(5)13-23(27)28/h1,9-10,12-16,31H,7-8,11H2,2-5H3,(H,33,34)(H,35,36). The van der Waals surface area contributed by atoms with Crippen LogP contribution < -0.4 is 16.0 Å². The Kier molecular flexibility index (Phi) is 7.30. The molecule has 1 aliphatic heterocycles. The number of nitrogens with zero attached hydrogens (tertiary/aromatic N) is 1. The van der Waals surface area contributed by atoms with Crippen molar-refractivity contribution in [3.05, 3.63) is 70.1 Å². The second kappa shape index (κ2) is 10.6. The molecule has 0 spiro atoms. The van der Waals surface area contributed by atoms with E-state index in [2.05, 4.69) is 21.5 Å². The van der Waals surface area contributed by atoms with Gasteiger partial charge in [0.15, 0.2) is 0 Å². The van der Waals surface area contributed by atoms with E-state index in [1.54, 1.807) is 6.07 Å². The maximum Gasteiger partial charge on any atom is 0.336 e. The monoisotopic (exact) mass is 495 g/mol. The average molecular weight is 496 g/mol. The minimum atomic E-state index is -1.09. The summed E-state index contributed by atoms with van der Waals surface area (Å²) in [5.74, 6) is 1.48. The summed E-state index contributed by atoms with van der Waals surface area (Å²) in [7, 11) is 0. The van der Waals surface area contributed by atoms with Gasteiger partial charge in [0.05, 0.1) is 17.5 Å². The number of fused-ring (bicyclic) bond motifs is 2. The summed E-state index contributed by atoms with van der Waals surface area (Å²) in [5, 5.41) is 17.7. The molecule has 7 nitrogen and oxygen atoms in total. The number of carboxylic acids is 1. The van der Waals surface area contributed by atoms with E-state index in [0.717, 1.165) is 39.7 Å². The molecule has 4 rings (SSSR count). The lowest BCUT2D eigenvalue weighted by atomic mass is 9.88. The third-order valence-electron chi connectivity index (χ3n) is 6.21. The van der Waals surface area contributed by atoms with E-state index >= 15 is 0 Å². The molecule has 1 aliphatic carbocycles. The number of amides is 1. The van der Waals surface area contributed by atoms with E-state index in [0.29, 0.717) is 34.6 Å². The normalized spacial score (nSPS) is 11.5. The Morgan fingerprint density at radius 2 is 1.84 bits per heavy atom. The second-order valence-electron chi connectivity index (χ2n) is 8.73. The molecule has 0 unspecified atom stereocenters. The lowest BCUT2D eigenvalue weighted by Gasteiger charge is -2.20. The molecule has 2 aliphatic rings. The number of terminal acetylenes is 1. The number of aromatic carboxylic acids is 1. The predicted octanol–water partition coefficient (Wildman–Crippen LogP) is 5.24. The molecule has 2 aromatic carbocycles. The van der Waals surface area contributed by atoms with Crippen LogP contribution >= 0.6 is 0 Å². The predicted molar refractivity (Wildman–Crippen MR) is 146 cm³/mol. The highest BCUT2D eigenvalue weighted by atomic mass is 16.4. The molecule has 188 valence electrons. The molecule has 0 radical (unpaired) electrons. The zero-order valence-electron chi connectivity index (χ0n) is 21.4. The Morgan fingerprint density at radius 3 is 2.51 bits per heavy atom. The van der Waals surface area contributed by atoms with Crippen molar-refractivity contribution < 1.29 is 19.1 Å². The molecule has 1 amide bonds. The molecule has 0 saturated heterocycles. The van der Waals surface area contributed by atoms with Crippen LogP contribution in [-0.4, -0.2) is 36.6 Å². The van der Waals surface area contributed by atoms with Crippen molar-refractivity contribution in [2.45, 2.75) is 27.7 Å². The minimum absolute atomic E-state index is 0.0697.